The number of nitrogens with zero attached hydrogens (tertiary/aromatic N) is 5. The van der Waals surface area contributed by atoms with Gasteiger partial charge in [0.25, 0.3) is 0 Å². The second kappa shape index (κ2) is 6.66. The van der Waals surface area contributed by atoms with Gasteiger partial charge in [-0.2, -0.15) is 9.67 Å². The van der Waals surface area contributed by atoms with E-state index in [1.165, 1.54) is 0 Å². The van der Waals surface area contributed by atoms with Crippen LogP contribution in [0.3, 0.4) is 0 Å². The Morgan fingerprint density at radius 1 is 1.08 bits per heavy atom. The average molecular weight is 332 g/mol. The molecule has 4 rings (SSSR count). The Morgan fingerprint density at radius 3 is 2.80 bits per heavy atom. The fourth-order valence-corrected chi connectivity index (χ4v) is 2.56. The molecule has 0 unspecified atom stereocenters. The normalized spacial score (nSPS) is 10.9. The van der Waals surface area contributed by atoms with Crippen molar-refractivity contribution in [3.8, 4) is 5.69 Å². The molecular weight excluding hydrogens is 316 g/mol. The monoisotopic (exact) mass is 332 g/mol. The molecule has 0 saturated heterocycles. The van der Waals surface area contributed by atoms with Crippen LogP contribution >= 0.6 is 0 Å². The number of benzene rings is 2. The van der Waals surface area contributed by atoms with Gasteiger partial charge in [0.2, 0.25) is 5.95 Å². The molecule has 2 aromatic heterocycles. The Hall–Kier alpha value is -3.32. The molecule has 4 aromatic rings. The Bertz CT molecular complexity index is 999. The molecule has 0 atom stereocenters. The van der Waals surface area contributed by atoms with E-state index in [1.807, 2.05) is 54.6 Å². The van der Waals surface area contributed by atoms with Gasteiger partial charge in [-0.25, -0.2) is 4.98 Å². The van der Waals surface area contributed by atoms with Gasteiger partial charge in [0.05, 0.1) is 18.5 Å². The number of anilines is 2. The van der Waals surface area contributed by atoms with Crippen LogP contribution in [0.2, 0.25) is 0 Å². The summed E-state index contributed by atoms with van der Waals surface area (Å²) in [6, 6.07) is 17.7. The molecule has 25 heavy (non-hydrogen) atoms. The fraction of sp³-hybridized carbons (Fsp3) is 0.111. The number of nitrogens with one attached hydrogen (secondary N) is 1. The molecule has 0 saturated carbocycles. The van der Waals surface area contributed by atoms with Gasteiger partial charge >= 0.3 is 0 Å². The Balaban J connectivity index is 1.72. The molecule has 0 aliphatic carbocycles. The van der Waals surface area contributed by atoms with Crippen molar-refractivity contribution < 1.29 is 4.74 Å². The van der Waals surface area contributed by atoms with Crippen molar-refractivity contribution in [3.63, 3.8) is 0 Å². The van der Waals surface area contributed by atoms with E-state index in [2.05, 4.69) is 25.6 Å². The van der Waals surface area contributed by atoms with Gasteiger partial charge in [0, 0.05) is 12.8 Å². The molecule has 0 bridgehead atoms. The summed E-state index contributed by atoms with van der Waals surface area (Å²) in [6.45, 7) is 0.538. The zero-order valence-corrected chi connectivity index (χ0v) is 13.6. The van der Waals surface area contributed by atoms with Gasteiger partial charge in [0.1, 0.15) is 0 Å². The first-order chi connectivity index (χ1) is 12.3. The second-order valence-corrected chi connectivity index (χ2v) is 5.50. The molecule has 0 spiro atoms. The predicted molar refractivity (Wildman–Crippen MR) is 94.9 cm³/mol. The molecule has 0 amide bonds. The Labute approximate surface area is 144 Å². The van der Waals surface area contributed by atoms with Crippen LogP contribution in [0.4, 0.5) is 11.6 Å². The van der Waals surface area contributed by atoms with E-state index in [-0.39, 0.29) is 0 Å². The quantitative estimate of drug-likeness (QED) is 0.605. The molecule has 2 aromatic carbocycles. The number of methoxy groups -OCH3 is 1. The van der Waals surface area contributed by atoms with Crippen LogP contribution in [0.5, 0.6) is 0 Å². The molecule has 0 fully saturated rings. The standard InChI is InChI=1S/C18H16N6O/c1-25-12-13-6-5-9-15(10-13)24-17-16(22-23-24)11-19-18(21-17)20-14-7-3-2-4-8-14/h2-11H,12H2,1H3,(H,19,20,21). The Morgan fingerprint density at radius 2 is 1.96 bits per heavy atom. The average Bonchev–Trinajstić information content (AvgIpc) is 3.06. The van der Waals surface area contributed by atoms with Crippen molar-refractivity contribution in [1.29, 1.82) is 0 Å². The van der Waals surface area contributed by atoms with E-state index in [0.29, 0.717) is 23.7 Å². The first-order valence-electron chi connectivity index (χ1n) is 7.82. The lowest BCUT2D eigenvalue weighted by atomic mass is 10.2. The van der Waals surface area contributed by atoms with E-state index in [1.54, 1.807) is 18.0 Å². The third-order valence-electron chi connectivity index (χ3n) is 3.69. The van der Waals surface area contributed by atoms with Gasteiger partial charge in [-0.1, -0.05) is 35.5 Å². The molecule has 1 N–H and O–H groups in total. The lowest BCUT2D eigenvalue weighted by Gasteiger charge is -2.06. The number of ether oxygens (including phenoxy) is 1. The highest BCUT2D eigenvalue weighted by molar-refractivity contribution is 5.72. The summed E-state index contributed by atoms with van der Waals surface area (Å²) >= 11 is 0. The number of aromatic nitrogens is 5. The predicted octanol–water partition coefficient (Wildman–Crippen LogP) is 3.10. The molecule has 0 aliphatic rings. The summed E-state index contributed by atoms with van der Waals surface area (Å²) in [5.41, 5.74) is 4.13. The molecule has 0 aliphatic heterocycles. The maximum atomic E-state index is 5.19. The first kappa shape index (κ1) is 15.2. The lowest BCUT2D eigenvalue weighted by molar-refractivity contribution is 0.185. The molecular formula is C18H16N6O. The van der Waals surface area contributed by atoms with Crippen molar-refractivity contribution in [2.45, 2.75) is 6.61 Å². The minimum atomic E-state index is 0.496. The maximum absolute atomic E-state index is 5.19. The number of rotatable bonds is 5. The highest BCUT2D eigenvalue weighted by Crippen LogP contribution is 2.18. The minimum Gasteiger partial charge on any atom is -0.380 e. The van der Waals surface area contributed by atoms with Crippen LogP contribution in [-0.4, -0.2) is 32.1 Å². The third kappa shape index (κ3) is 3.17. The molecule has 124 valence electrons. The highest BCUT2D eigenvalue weighted by Gasteiger charge is 2.10. The van der Waals surface area contributed by atoms with Crippen LogP contribution in [0.1, 0.15) is 5.56 Å². The van der Waals surface area contributed by atoms with Crippen LogP contribution in [0, 0.1) is 0 Å². The maximum Gasteiger partial charge on any atom is 0.229 e. The largest absolute Gasteiger partial charge is 0.380 e. The summed E-state index contributed by atoms with van der Waals surface area (Å²) in [6.07, 6.45) is 1.66. The lowest BCUT2D eigenvalue weighted by Crippen LogP contribution is -2.02. The van der Waals surface area contributed by atoms with E-state index < -0.39 is 0 Å². The van der Waals surface area contributed by atoms with E-state index in [4.69, 9.17) is 4.74 Å². The van der Waals surface area contributed by atoms with Crippen molar-refractivity contribution in [2.75, 3.05) is 12.4 Å². The number of para-hydroxylation sites is 1. The summed E-state index contributed by atoms with van der Waals surface area (Å²) < 4.78 is 6.89. The molecule has 7 nitrogen and oxygen atoms in total. The molecule has 7 heteroatoms. The number of hydrogen-bond donors (Lipinski definition) is 1. The summed E-state index contributed by atoms with van der Waals surface area (Å²) in [5, 5.41) is 11.5. The topological polar surface area (TPSA) is 77.8 Å². The fourth-order valence-electron chi connectivity index (χ4n) is 2.56. The van der Waals surface area contributed by atoms with Crippen LogP contribution in [0.15, 0.2) is 60.8 Å². The van der Waals surface area contributed by atoms with Crippen molar-refractivity contribution in [3.05, 3.63) is 66.4 Å². The van der Waals surface area contributed by atoms with E-state index in [9.17, 15) is 0 Å². The molecule has 2 heterocycles. The van der Waals surface area contributed by atoms with Crippen LogP contribution < -0.4 is 5.32 Å². The van der Waals surface area contributed by atoms with E-state index in [0.717, 1.165) is 16.9 Å². The van der Waals surface area contributed by atoms with Crippen molar-refractivity contribution in [2.24, 2.45) is 0 Å². The summed E-state index contributed by atoms with van der Waals surface area (Å²) in [5.74, 6) is 0.496. The van der Waals surface area contributed by atoms with Gasteiger partial charge in [-0.3, -0.25) is 0 Å². The van der Waals surface area contributed by atoms with Crippen LogP contribution in [0.25, 0.3) is 16.9 Å². The zero-order valence-electron chi connectivity index (χ0n) is 13.6. The van der Waals surface area contributed by atoms with Gasteiger partial charge in [-0.05, 0) is 29.8 Å². The van der Waals surface area contributed by atoms with Crippen molar-refractivity contribution in [1.82, 2.24) is 25.0 Å². The third-order valence-corrected chi connectivity index (χ3v) is 3.69. The highest BCUT2D eigenvalue weighted by atomic mass is 16.5. The smallest absolute Gasteiger partial charge is 0.229 e. The van der Waals surface area contributed by atoms with Crippen molar-refractivity contribution >= 4 is 22.8 Å². The summed E-state index contributed by atoms with van der Waals surface area (Å²) in [7, 11) is 1.67. The number of hydrogen-bond acceptors (Lipinski definition) is 6. The van der Waals surface area contributed by atoms with Crippen LogP contribution in [-0.2, 0) is 11.3 Å². The van der Waals surface area contributed by atoms with E-state index >= 15 is 0 Å². The zero-order chi connectivity index (χ0) is 17.1. The minimum absolute atomic E-state index is 0.496. The van der Waals surface area contributed by atoms with Gasteiger partial charge in [0.15, 0.2) is 11.2 Å². The SMILES string of the molecule is COCc1cccc(-n2nnc3cnc(Nc4ccccc4)nc32)c1. The first-order valence-corrected chi connectivity index (χ1v) is 7.82. The van der Waals surface area contributed by atoms with Gasteiger partial charge < -0.3 is 10.1 Å². The molecule has 0 radical (unpaired) electrons. The number of fused-ring (bicyclic) bond motifs is 1. The Kier molecular flexibility index (Phi) is 4.05. The summed E-state index contributed by atoms with van der Waals surface area (Å²) in [4.78, 5) is 8.87. The van der Waals surface area contributed by atoms with Gasteiger partial charge in [-0.15, -0.1) is 5.10 Å². The second-order valence-electron chi connectivity index (χ2n) is 5.50.